The Bertz CT molecular complexity index is 754. The fraction of sp³-hybridized carbons (Fsp3) is 0.294. The van der Waals surface area contributed by atoms with Gasteiger partial charge in [-0.15, -0.1) is 0 Å². The summed E-state index contributed by atoms with van der Waals surface area (Å²) in [7, 11) is -3.37. The van der Waals surface area contributed by atoms with Crippen molar-refractivity contribution in [3.63, 3.8) is 0 Å². The highest BCUT2D eigenvalue weighted by Gasteiger charge is 2.30. The fourth-order valence-corrected chi connectivity index (χ4v) is 4.39. The van der Waals surface area contributed by atoms with Crippen LogP contribution in [0.25, 0.3) is 0 Å². The molecule has 6 heteroatoms. The van der Waals surface area contributed by atoms with Crippen LogP contribution in [0, 0.1) is 0 Å². The van der Waals surface area contributed by atoms with Crippen LogP contribution in [0.2, 0.25) is 0 Å². The zero-order chi connectivity index (χ0) is 16.3. The largest absolute Gasteiger partial charge is 0.398 e. The maximum Gasteiger partial charge on any atom is 0.243 e. The topological polar surface area (TPSA) is 67.8 Å². The average Bonchev–Trinajstić information content (AvgIpc) is 2.58. The zero-order valence-corrected chi connectivity index (χ0v) is 13.8. The van der Waals surface area contributed by atoms with Crippen LogP contribution in [0.15, 0.2) is 59.5 Å². The van der Waals surface area contributed by atoms with Crippen molar-refractivity contribution in [3.05, 3.63) is 60.2 Å². The van der Waals surface area contributed by atoms with Crippen molar-refractivity contribution < 1.29 is 13.3 Å². The average molecular weight is 332 g/mol. The summed E-state index contributed by atoms with van der Waals surface area (Å²) in [5.74, 6) is 0. The molecule has 3 N–H and O–H groups in total. The number of hydrogen-bond donors (Lipinski definition) is 2. The highest BCUT2D eigenvalue weighted by molar-refractivity contribution is 7.89. The molecule has 0 amide bonds. The van der Waals surface area contributed by atoms with Crippen molar-refractivity contribution in [2.45, 2.75) is 11.4 Å². The Morgan fingerprint density at radius 1 is 0.957 bits per heavy atom. The Labute approximate surface area is 137 Å². The molecule has 0 saturated carbocycles. The van der Waals surface area contributed by atoms with Gasteiger partial charge in [-0.3, -0.25) is 0 Å². The molecule has 0 aliphatic carbocycles. The molecule has 0 bridgehead atoms. The van der Waals surface area contributed by atoms with Crippen molar-refractivity contribution in [1.29, 1.82) is 0 Å². The number of nitrogens with one attached hydrogen (secondary N) is 1. The van der Waals surface area contributed by atoms with E-state index >= 15 is 0 Å². The first-order valence-electron chi connectivity index (χ1n) is 7.79. The van der Waals surface area contributed by atoms with Crippen molar-refractivity contribution >= 4 is 15.7 Å². The van der Waals surface area contributed by atoms with E-state index in [1.165, 1.54) is 4.90 Å². The Morgan fingerprint density at radius 2 is 1.57 bits per heavy atom. The second-order valence-electron chi connectivity index (χ2n) is 5.84. The minimum atomic E-state index is -3.37. The number of para-hydroxylation sites is 1. The summed E-state index contributed by atoms with van der Waals surface area (Å²) >= 11 is 0. The second-order valence-corrected chi connectivity index (χ2v) is 7.78. The number of piperazine rings is 1. The molecule has 0 atom stereocenters. The number of benzene rings is 2. The highest BCUT2D eigenvalue weighted by atomic mass is 32.2. The van der Waals surface area contributed by atoms with Crippen LogP contribution in [-0.2, 0) is 16.6 Å². The smallest absolute Gasteiger partial charge is 0.243 e. The van der Waals surface area contributed by atoms with E-state index in [0.29, 0.717) is 18.0 Å². The van der Waals surface area contributed by atoms with Crippen LogP contribution in [-0.4, -0.2) is 38.9 Å². The molecule has 23 heavy (non-hydrogen) atoms. The van der Waals surface area contributed by atoms with Gasteiger partial charge in [0.2, 0.25) is 10.0 Å². The first-order chi connectivity index (χ1) is 11.1. The molecular weight excluding hydrogens is 310 g/mol. The lowest BCUT2D eigenvalue weighted by Crippen LogP contribution is -3.13. The van der Waals surface area contributed by atoms with Gasteiger partial charge in [-0.25, -0.2) is 8.42 Å². The van der Waals surface area contributed by atoms with Gasteiger partial charge in [-0.1, -0.05) is 36.4 Å². The summed E-state index contributed by atoms with van der Waals surface area (Å²) in [5, 5.41) is 0. The Kier molecular flexibility index (Phi) is 4.66. The van der Waals surface area contributed by atoms with Crippen molar-refractivity contribution in [2.75, 3.05) is 31.9 Å². The molecule has 1 heterocycles. The van der Waals surface area contributed by atoms with E-state index in [1.807, 2.05) is 30.3 Å². The van der Waals surface area contributed by atoms with Crippen LogP contribution in [0.3, 0.4) is 0 Å². The van der Waals surface area contributed by atoms with Crippen LogP contribution in [0.4, 0.5) is 5.69 Å². The van der Waals surface area contributed by atoms with Gasteiger partial charge in [0.25, 0.3) is 0 Å². The lowest BCUT2D eigenvalue weighted by molar-refractivity contribution is -0.917. The Hall–Kier alpha value is -1.89. The molecule has 3 rings (SSSR count). The minimum Gasteiger partial charge on any atom is -0.398 e. The lowest BCUT2D eigenvalue weighted by atomic mass is 10.1. The van der Waals surface area contributed by atoms with Gasteiger partial charge >= 0.3 is 0 Å². The monoisotopic (exact) mass is 332 g/mol. The second kappa shape index (κ2) is 6.70. The molecule has 1 aliphatic heterocycles. The maximum atomic E-state index is 12.6. The Balaban J connectivity index is 1.64. The van der Waals surface area contributed by atoms with E-state index in [4.69, 9.17) is 5.73 Å². The van der Waals surface area contributed by atoms with Crippen molar-refractivity contribution in [3.8, 4) is 0 Å². The number of sulfonamides is 1. The molecule has 0 unspecified atom stereocenters. The third kappa shape index (κ3) is 3.55. The van der Waals surface area contributed by atoms with E-state index in [1.54, 1.807) is 28.6 Å². The van der Waals surface area contributed by atoms with Crippen molar-refractivity contribution in [2.24, 2.45) is 0 Å². The molecule has 2 aromatic carbocycles. The number of rotatable bonds is 4. The number of anilines is 1. The standard InChI is InChI=1S/C17H21N3O2S/c18-17-9-5-4-6-15(17)14-19-10-12-20(13-11-19)23(21,22)16-7-2-1-3-8-16/h1-9H,10-14,18H2/p+1. The number of nitrogen functional groups attached to an aromatic ring is 1. The summed E-state index contributed by atoms with van der Waals surface area (Å²) < 4.78 is 26.8. The van der Waals surface area contributed by atoms with Crippen LogP contribution >= 0.6 is 0 Å². The maximum absolute atomic E-state index is 12.6. The summed E-state index contributed by atoms with van der Waals surface area (Å²) in [4.78, 5) is 1.73. The van der Waals surface area contributed by atoms with Crippen LogP contribution in [0.1, 0.15) is 5.56 Å². The van der Waals surface area contributed by atoms with Gasteiger partial charge in [0.15, 0.2) is 0 Å². The van der Waals surface area contributed by atoms with Crippen molar-refractivity contribution in [1.82, 2.24) is 4.31 Å². The number of quaternary nitrogens is 1. The number of nitrogens with two attached hydrogens (primary N) is 1. The highest BCUT2D eigenvalue weighted by Crippen LogP contribution is 2.15. The molecule has 5 nitrogen and oxygen atoms in total. The summed E-state index contributed by atoms with van der Waals surface area (Å²) in [5.41, 5.74) is 7.92. The third-order valence-corrected chi connectivity index (χ3v) is 6.22. The SMILES string of the molecule is Nc1ccccc1C[NH+]1CCN(S(=O)(=O)c2ccccc2)CC1. The van der Waals surface area contributed by atoms with Gasteiger partial charge in [-0.05, 0) is 18.2 Å². The number of hydrogen-bond acceptors (Lipinski definition) is 3. The van der Waals surface area contributed by atoms with E-state index < -0.39 is 10.0 Å². The van der Waals surface area contributed by atoms with E-state index in [9.17, 15) is 8.42 Å². The molecule has 0 radical (unpaired) electrons. The van der Waals surface area contributed by atoms with E-state index in [-0.39, 0.29) is 0 Å². The zero-order valence-electron chi connectivity index (χ0n) is 13.0. The van der Waals surface area contributed by atoms with Gasteiger partial charge in [0.1, 0.15) is 6.54 Å². The number of nitrogens with zero attached hydrogens (tertiary/aromatic N) is 1. The fourth-order valence-electron chi connectivity index (χ4n) is 2.93. The molecule has 0 aromatic heterocycles. The van der Waals surface area contributed by atoms with Gasteiger partial charge in [0.05, 0.1) is 31.1 Å². The normalized spacial score (nSPS) is 17.2. The lowest BCUT2D eigenvalue weighted by Gasteiger charge is -2.31. The molecule has 1 aliphatic rings. The quantitative estimate of drug-likeness (QED) is 0.795. The first-order valence-corrected chi connectivity index (χ1v) is 9.23. The molecule has 122 valence electrons. The molecule has 2 aromatic rings. The predicted molar refractivity (Wildman–Crippen MR) is 90.5 cm³/mol. The summed E-state index contributed by atoms with van der Waals surface area (Å²) in [6.07, 6.45) is 0. The van der Waals surface area contributed by atoms with Gasteiger partial charge in [-0.2, -0.15) is 4.31 Å². The van der Waals surface area contributed by atoms with E-state index in [2.05, 4.69) is 0 Å². The summed E-state index contributed by atoms with van der Waals surface area (Å²) in [6.45, 7) is 3.51. The van der Waals surface area contributed by atoms with Crippen LogP contribution < -0.4 is 10.6 Å². The predicted octanol–water partition coefficient (Wildman–Crippen LogP) is 0.358. The molecule has 0 spiro atoms. The first kappa shape index (κ1) is 16.0. The van der Waals surface area contributed by atoms with Gasteiger partial charge < -0.3 is 10.6 Å². The summed E-state index contributed by atoms with van der Waals surface area (Å²) in [6, 6.07) is 16.5. The third-order valence-electron chi connectivity index (χ3n) is 4.31. The van der Waals surface area contributed by atoms with Gasteiger partial charge in [0, 0.05) is 11.3 Å². The Morgan fingerprint density at radius 3 is 2.22 bits per heavy atom. The van der Waals surface area contributed by atoms with Crippen LogP contribution in [0.5, 0.6) is 0 Å². The minimum absolute atomic E-state index is 0.371. The molecule has 1 fully saturated rings. The van der Waals surface area contributed by atoms with E-state index in [0.717, 1.165) is 30.9 Å². The molecule has 1 saturated heterocycles. The molecular formula is C17H22N3O2S+.